The van der Waals surface area contributed by atoms with Gasteiger partial charge in [0.1, 0.15) is 5.75 Å². The summed E-state index contributed by atoms with van der Waals surface area (Å²) in [7, 11) is 0. The normalized spacial score (nSPS) is 29.2. The van der Waals surface area contributed by atoms with E-state index in [2.05, 4.69) is 10.6 Å². The van der Waals surface area contributed by atoms with E-state index in [1.165, 1.54) is 0 Å². The lowest BCUT2D eigenvalue weighted by molar-refractivity contribution is -0.125. The Kier molecular flexibility index (Phi) is 6.71. The van der Waals surface area contributed by atoms with Crippen molar-refractivity contribution in [3.05, 3.63) is 29.8 Å². The van der Waals surface area contributed by atoms with Crippen LogP contribution in [0.2, 0.25) is 0 Å². The highest BCUT2D eigenvalue weighted by Gasteiger charge is 2.47. The summed E-state index contributed by atoms with van der Waals surface area (Å²) >= 11 is 0. The quantitative estimate of drug-likeness (QED) is 0.785. The van der Waals surface area contributed by atoms with Crippen LogP contribution in [-0.2, 0) is 4.79 Å². The summed E-state index contributed by atoms with van der Waals surface area (Å²) in [6.07, 6.45) is 0.585. The number of hydrogen-bond acceptors (Lipinski definition) is 4. The average Bonchev–Trinajstić information content (AvgIpc) is 2.88. The largest absolute Gasteiger partial charge is 0.493 e. The van der Waals surface area contributed by atoms with Crippen LogP contribution in [0.4, 0.5) is 8.78 Å². The molecule has 1 amide bonds. The molecule has 3 aliphatic rings. The van der Waals surface area contributed by atoms with E-state index in [1.807, 2.05) is 24.3 Å². The molecule has 3 atom stereocenters. The topological polar surface area (TPSA) is 53.6 Å². The minimum atomic E-state index is -2.64. The molecule has 3 aliphatic heterocycles. The van der Waals surface area contributed by atoms with Gasteiger partial charge in [0, 0.05) is 37.5 Å². The van der Waals surface area contributed by atoms with E-state index in [4.69, 9.17) is 4.74 Å². The number of benzene rings is 1. The first-order valence-electron chi connectivity index (χ1n) is 8.39. The average molecular weight is 410 g/mol. The SMILES string of the molecule is Cl.Cl.O=C(N[C@@H]1CCOc2ccccc21)[C@@H]1CN2CC(F)(F)C[C@@H]2CN1. The van der Waals surface area contributed by atoms with Crippen molar-refractivity contribution in [1.82, 2.24) is 15.5 Å². The minimum absolute atomic E-state index is 0. The molecule has 2 N–H and O–H groups in total. The molecule has 0 aromatic heterocycles. The van der Waals surface area contributed by atoms with Crippen LogP contribution in [0.3, 0.4) is 0 Å². The van der Waals surface area contributed by atoms with Crippen LogP contribution < -0.4 is 15.4 Å². The molecule has 9 heteroatoms. The third kappa shape index (κ3) is 4.22. The maximum atomic E-state index is 13.5. The Balaban J connectivity index is 0.00000121. The standard InChI is InChI=1S/C17H21F2N3O2.2ClH/c18-17(19)7-11-8-20-14(9-22(11)10-17)16(23)21-13-5-6-24-15-4-2-1-3-12(13)15;;/h1-4,11,13-14,20H,5-10H2,(H,21,23);2*1H/t11-,13-,14+;;/m1../s1. The molecule has 2 fully saturated rings. The number of fused-ring (bicyclic) bond motifs is 2. The van der Waals surface area contributed by atoms with Gasteiger partial charge in [-0.25, -0.2) is 8.78 Å². The molecule has 1 aromatic rings. The Hall–Kier alpha value is -1.15. The van der Waals surface area contributed by atoms with E-state index in [-0.39, 0.29) is 55.8 Å². The van der Waals surface area contributed by atoms with Gasteiger partial charge in [-0.1, -0.05) is 18.2 Å². The van der Waals surface area contributed by atoms with Crippen molar-refractivity contribution in [2.45, 2.75) is 36.9 Å². The molecule has 4 rings (SSSR count). The minimum Gasteiger partial charge on any atom is -0.493 e. The maximum Gasteiger partial charge on any atom is 0.262 e. The molecule has 0 spiro atoms. The third-order valence-corrected chi connectivity index (χ3v) is 5.09. The molecule has 0 radical (unpaired) electrons. The smallest absolute Gasteiger partial charge is 0.262 e. The molecule has 26 heavy (non-hydrogen) atoms. The number of rotatable bonds is 2. The van der Waals surface area contributed by atoms with Crippen molar-refractivity contribution in [2.75, 3.05) is 26.2 Å². The lowest BCUT2D eigenvalue weighted by Gasteiger charge is -2.36. The van der Waals surface area contributed by atoms with E-state index >= 15 is 0 Å². The number of carbonyl (C=O) groups is 1. The van der Waals surface area contributed by atoms with Gasteiger partial charge in [0.25, 0.3) is 5.92 Å². The molecule has 0 unspecified atom stereocenters. The lowest BCUT2D eigenvalue weighted by Crippen LogP contribution is -2.59. The number of carbonyl (C=O) groups excluding carboxylic acids is 1. The third-order valence-electron chi connectivity index (χ3n) is 5.09. The number of amides is 1. The van der Waals surface area contributed by atoms with Crippen LogP contribution in [0.15, 0.2) is 24.3 Å². The van der Waals surface area contributed by atoms with Crippen LogP contribution in [-0.4, -0.2) is 55.1 Å². The zero-order chi connectivity index (χ0) is 16.7. The van der Waals surface area contributed by atoms with Crippen LogP contribution in [0.5, 0.6) is 5.75 Å². The van der Waals surface area contributed by atoms with E-state index in [0.717, 1.165) is 11.3 Å². The Morgan fingerprint density at radius 1 is 1.31 bits per heavy atom. The monoisotopic (exact) mass is 409 g/mol. The van der Waals surface area contributed by atoms with Gasteiger partial charge in [0.2, 0.25) is 5.91 Å². The van der Waals surface area contributed by atoms with Gasteiger partial charge in [0.05, 0.1) is 25.2 Å². The van der Waals surface area contributed by atoms with Crippen molar-refractivity contribution >= 4 is 30.7 Å². The summed E-state index contributed by atoms with van der Waals surface area (Å²) in [5.74, 6) is -1.98. The summed E-state index contributed by atoms with van der Waals surface area (Å²) in [5, 5.41) is 6.17. The molecule has 0 aliphatic carbocycles. The van der Waals surface area contributed by atoms with E-state index in [9.17, 15) is 13.6 Å². The van der Waals surface area contributed by atoms with Crippen LogP contribution in [0.25, 0.3) is 0 Å². The number of para-hydroxylation sites is 1. The fraction of sp³-hybridized carbons (Fsp3) is 0.588. The van der Waals surface area contributed by atoms with Crippen LogP contribution in [0, 0.1) is 0 Å². The Bertz CT molecular complexity index is 650. The van der Waals surface area contributed by atoms with E-state index < -0.39 is 12.0 Å². The Morgan fingerprint density at radius 2 is 2.08 bits per heavy atom. The predicted molar refractivity (Wildman–Crippen MR) is 98.6 cm³/mol. The van der Waals surface area contributed by atoms with Gasteiger partial charge in [0.15, 0.2) is 0 Å². The summed E-state index contributed by atoms with van der Waals surface area (Å²) in [6, 6.07) is 6.94. The first kappa shape index (κ1) is 21.2. The van der Waals surface area contributed by atoms with E-state index in [1.54, 1.807) is 4.90 Å². The molecular weight excluding hydrogens is 387 g/mol. The number of alkyl halides is 2. The van der Waals surface area contributed by atoms with Gasteiger partial charge in [-0.3, -0.25) is 9.69 Å². The van der Waals surface area contributed by atoms with Gasteiger partial charge in [-0.05, 0) is 6.07 Å². The Morgan fingerprint density at radius 3 is 2.88 bits per heavy atom. The van der Waals surface area contributed by atoms with Crippen molar-refractivity contribution in [3.8, 4) is 5.75 Å². The number of piperazine rings is 1. The molecule has 3 heterocycles. The zero-order valence-electron chi connectivity index (χ0n) is 14.1. The first-order valence-corrected chi connectivity index (χ1v) is 8.39. The van der Waals surface area contributed by atoms with Crippen molar-refractivity contribution in [2.24, 2.45) is 0 Å². The molecule has 146 valence electrons. The summed E-state index contributed by atoms with van der Waals surface area (Å²) in [5.41, 5.74) is 0.971. The predicted octanol–water partition coefficient (Wildman–Crippen LogP) is 2.15. The van der Waals surface area contributed by atoms with Crippen LogP contribution in [0.1, 0.15) is 24.4 Å². The molecule has 2 saturated heterocycles. The maximum absolute atomic E-state index is 13.5. The van der Waals surface area contributed by atoms with Gasteiger partial charge < -0.3 is 15.4 Å². The number of ether oxygens (including phenoxy) is 1. The second-order valence-electron chi connectivity index (χ2n) is 6.84. The van der Waals surface area contributed by atoms with E-state index in [0.29, 0.717) is 26.1 Å². The van der Waals surface area contributed by atoms with Crippen molar-refractivity contribution < 1.29 is 18.3 Å². The fourth-order valence-electron chi connectivity index (χ4n) is 3.90. The summed E-state index contributed by atoms with van der Waals surface area (Å²) in [6.45, 7) is 1.07. The number of nitrogens with zero attached hydrogens (tertiary/aromatic N) is 1. The first-order chi connectivity index (χ1) is 11.5. The molecule has 1 aromatic carbocycles. The van der Waals surface area contributed by atoms with Crippen LogP contribution >= 0.6 is 24.8 Å². The molecular formula is C17H23Cl2F2N3O2. The summed E-state index contributed by atoms with van der Waals surface area (Å²) < 4.78 is 32.7. The van der Waals surface area contributed by atoms with Crippen molar-refractivity contribution in [3.63, 3.8) is 0 Å². The van der Waals surface area contributed by atoms with Crippen molar-refractivity contribution in [1.29, 1.82) is 0 Å². The number of hydrogen-bond donors (Lipinski definition) is 2. The lowest BCUT2D eigenvalue weighted by atomic mass is 10.00. The fourth-order valence-corrected chi connectivity index (χ4v) is 3.90. The second kappa shape index (κ2) is 8.25. The number of nitrogens with one attached hydrogen (secondary N) is 2. The highest BCUT2D eigenvalue weighted by Crippen LogP contribution is 2.34. The molecule has 5 nitrogen and oxygen atoms in total. The highest BCUT2D eigenvalue weighted by molar-refractivity contribution is 5.85. The highest BCUT2D eigenvalue weighted by atomic mass is 35.5. The zero-order valence-corrected chi connectivity index (χ0v) is 15.8. The second-order valence-corrected chi connectivity index (χ2v) is 6.84. The molecule has 0 saturated carbocycles. The van der Waals surface area contributed by atoms with Gasteiger partial charge in [-0.2, -0.15) is 0 Å². The molecule has 0 bridgehead atoms. The van der Waals surface area contributed by atoms with Gasteiger partial charge in [-0.15, -0.1) is 24.8 Å². The Labute approximate surface area is 163 Å². The van der Waals surface area contributed by atoms with Gasteiger partial charge >= 0.3 is 0 Å². The number of halogens is 4. The summed E-state index contributed by atoms with van der Waals surface area (Å²) in [4.78, 5) is 14.3.